The standard InChI is InChI=1S/C10H18O/c1-6-7-11-10(5)9(4)8(2)3/h6,8,10H,1,4,7H2,2-3,5H3. The van der Waals surface area contributed by atoms with Crippen LogP contribution in [0.25, 0.3) is 0 Å². The Bertz CT molecular complexity index is 136. The molecule has 1 unspecified atom stereocenters. The average Bonchev–Trinajstić information content (AvgIpc) is 1.98. The smallest absolute Gasteiger partial charge is 0.0761 e. The molecule has 0 heterocycles. The molecule has 0 rings (SSSR count). The van der Waals surface area contributed by atoms with E-state index in [4.69, 9.17) is 4.74 Å². The first-order valence-corrected chi connectivity index (χ1v) is 4.00. The van der Waals surface area contributed by atoms with Gasteiger partial charge in [-0.25, -0.2) is 0 Å². The van der Waals surface area contributed by atoms with E-state index in [1.54, 1.807) is 6.08 Å². The molecule has 0 bridgehead atoms. The molecule has 0 saturated heterocycles. The largest absolute Gasteiger partial charge is 0.370 e. The number of ether oxygens (including phenoxy) is 1. The third-order valence-corrected chi connectivity index (χ3v) is 1.73. The molecule has 0 saturated carbocycles. The van der Waals surface area contributed by atoms with Crippen molar-refractivity contribution in [1.82, 2.24) is 0 Å². The van der Waals surface area contributed by atoms with Crippen LogP contribution in [0.1, 0.15) is 20.8 Å². The normalized spacial score (nSPS) is 13.1. The van der Waals surface area contributed by atoms with Gasteiger partial charge in [0.2, 0.25) is 0 Å². The molecule has 1 heteroatoms. The van der Waals surface area contributed by atoms with Gasteiger partial charge in [0.05, 0.1) is 12.7 Å². The van der Waals surface area contributed by atoms with E-state index in [9.17, 15) is 0 Å². The van der Waals surface area contributed by atoms with Crippen LogP contribution in [0, 0.1) is 5.92 Å². The van der Waals surface area contributed by atoms with Crippen molar-refractivity contribution in [2.24, 2.45) is 5.92 Å². The zero-order chi connectivity index (χ0) is 8.85. The zero-order valence-electron chi connectivity index (χ0n) is 7.76. The van der Waals surface area contributed by atoms with Gasteiger partial charge in [-0.05, 0) is 18.4 Å². The molecule has 1 nitrogen and oxygen atoms in total. The third kappa shape index (κ3) is 3.99. The van der Waals surface area contributed by atoms with Crippen molar-refractivity contribution in [2.75, 3.05) is 6.61 Å². The first kappa shape index (κ1) is 10.4. The van der Waals surface area contributed by atoms with Gasteiger partial charge in [0.15, 0.2) is 0 Å². The highest BCUT2D eigenvalue weighted by atomic mass is 16.5. The van der Waals surface area contributed by atoms with E-state index in [1.807, 2.05) is 6.92 Å². The van der Waals surface area contributed by atoms with Gasteiger partial charge in [0.1, 0.15) is 0 Å². The van der Waals surface area contributed by atoms with E-state index in [2.05, 4.69) is 27.0 Å². The molecule has 0 amide bonds. The molecule has 0 radical (unpaired) electrons. The molecule has 0 aliphatic heterocycles. The molecule has 0 aromatic heterocycles. The fourth-order valence-electron chi connectivity index (χ4n) is 0.789. The molecule has 0 N–H and O–H groups in total. The lowest BCUT2D eigenvalue weighted by Crippen LogP contribution is -2.14. The van der Waals surface area contributed by atoms with Gasteiger partial charge < -0.3 is 4.74 Å². The minimum absolute atomic E-state index is 0.146. The number of hydrogen-bond acceptors (Lipinski definition) is 1. The van der Waals surface area contributed by atoms with Crippen molar-refractivity contribution in [3.8, 4) is 0 Å². The summed E-state index contributed by atoms with van der Waals surface area (Å²) in [6.07, 6.45) is 1.90. The second kappa shape index (κ2) is 5.14. The molecule has 0 aliphatic carbocycles. The Kier molecular flexibility index (Phi) is 4.88. The molecule has 1 atom stereocenters. The van der Waals surface area contributed by atoms with Gasteiger partial charge in [0, 0.05) is 0 Å². The van der Waals surface area contributed by atoms with Gasteiger partial charge in [-0.3, -0.25) is 0 Å². The fraction of sp³-hybridized carbons (Fsp3) is 0.600. The van der Waals surface area contributed by atoms with Crippen molar-refractivity contribution >= 4 is 0 Å². The van der Waals surface area contributed by atoms with E-state index < -0.39 is 0 Å². The molecule has 0 aliphatic rings. The maximum absolute atomic E-state index is 5.40. The minimum atomic E-state index is 0.146. The molecule has 0 spiro atoms. The highest BCUT2D eigenvalue weighted by Gasteiger charge is 2.08. The second-order valence-corrected chi connectivity index (χ2v) is 2.99. The van der Waals surface area contributed by atoms with E-state index in [0.717, 1.165) is 5.57 Å². The topological polar surface area (TPSA) is 9.23 Å². The molecular formula is C10H18O. The molecule has 0 fully saturated rings. The summed E-state index contributed by atoms with van der Waals surface area (Å²) < 4.78 is 5.40. The Balaban J connectivity index is 3.73. The lowest BCUT2D eigenvalue weighted by atomic mass is 10.0. The van der Waals surface area contributed by atoms with Crippen molar-refractivity contribution in [1.29, 1.82) is 0 Å². The summed E-state index contributed by atoms with van der Waals surface area (Å²) in [4.78, 5) is 0. The van der Waals surface area contributed by atoms with E-state index in [0.29, 0.717) is 12.5 Å². The summed E-state index contributed by atoms with van der Waals surface area (Å²) in [5, 5.41) is 0. The number of rotatable bonds is 5. The summed E-state index contributed by atoms with van der Waals surface area (Å²) >= 11 is 0. The van der Waals surface area contributed by atoms with Crippen LogP contribution in [0.2, 0.25) is 0 Å². The maximum Gasteiger partial charge on any atom is 0.0761 e. The molecule has 0 aromatic rings. The predicted octanol–water partition coefficient (Wildman–Crippen LogP) is 2.79. The summed E-state index contributed by atoms with van der Waals surface area (Å²) in [5.41, 5.74) is 1.15. The van der Waals surface area contributed by atoms with Crippen molar-refractivity contribution in [2.45, 2.75) is 26.9 Å². The van der Waals surface area contributed by atoms with Crippen LogP contribution >= 0.6 is 0 Å². The average molecular weight is 154 g/mol. The minimum Gasteiger partial charge on any atom is -0.370 e. The SMILES string of the molecule is C=CCOC(C)C(=C)C(C)C. The van der Waals surface area contributed by atoms with E-state index in [-0.39, 0.29) is 6.10 Å². The summed E-state index contributed by atoms with van der Waals surface area (Å²) in [7, 11) is 0. The first-order valence-electron chi connectivity index (χ1n) is 4.00. The van der Waals surface area contributed by atoms with Crippen LogP contribution in [0.15, 0.2) is 24.8 Å². The fourth-order valence-corrected chi connectivity index (χ4v) is 0.789. The number of hydrogen-bond donors (Lipinski definition) is 0. The Morgan fingerprint density at radius 1 is 1.45 bits per heavy atom. The highest BCUT2D eigenvalue weighted by Crippen LogP contribution is 2.13. The van der Waals surface area contributed by atoms with Gasteiger partial charge in [-0.1, -0.05) is 26.5 Å². The van der Waals surface area contributed by atoms with Crippen LogP contribution in [-0.2, 0) is 4.74 Å². The van der Waals surface area contributed by atoms with Gasteiger partial charge in [-0.2, -0.15) is 0 Å². The molecule has 0 aromatic carbocycles. The summed E-state index contributed by atoms with van der Waals surface area (Å²) in [6, 6.07) is 0. The van der Waals surface area contributed by atoms with Crippen LogP contribution in [0.3, 0.4) is 0 Å². The quantitative estimate of drug-likeness (QED) is 0.553. The monoisotopic (exact) mass is 154 g/mol. The highest BCUT2D eigenvalue weighted by molar-refractivity contribution is 5.03. The third-order valence-electron chi connectivity index (χ3n) is 1.73. The van der Waals surface area contributed by atoms with E-state index >= 15 is 0 Å². The van der Waals surface area contributed by atoms with Gasteiger partial charge in [-0.15, -0.1) is 6.58 Å². The lowest BCUT2D eigenvalue weighted by Gasteiger charge is -2.17. The summed E-state index contributed by atoms with van der Waals surface area (Å²) in [6.45, 7) is 14.4. The second-order valence-electron chi connectivity index (χ2n) is 2.99. The molecule has 11 heavy (non-hydrogen) atoms. The van der Waals surface area contributed by atoms with Gasteiger partial charge in [0.25, 0.3) is 0 Å². The molecular weight excluding hydrogens is 136 g/mol. The van der Waals surface area contributed by atoms with Crippen molar-refractivity contribution in [3.63, 3.8) is 0 Å². The van der Waals surface area contributed by atoms with E-state index in [1.165, 1.54) is 0 Å². The Morgan fingerprint density at radius 3 is 2.36 bits per heavy atom. The van der Waals surface area contributed by atoms with Crippen molar-refractivity contribution < 1.29 is 4.74 Å². The van der Waals surface area contributed by atoms with Crippen molar-refractivity contribution in [3.05, 3.63) is 24.8 Å². The molecule has 64 valence electrons. The Hall–Kier alpha value is -0.560. The van der Waals surface area contributed by atoms with Crippen LogP contribution in [0.4, 0.5) is 0 Å². The van der Waals surface area contributed by atoms with Gasteiger partial charge >= 0.3 is 0 Å². The predicted molar refractivity (Wildman–Crippen MR) is 49.6 cm³/mol. The first-order chi connectivity index (χ1) is 5.09. The van der Waals surface area contributed by atoms with Crippen LogP contribution < -0.4 is 0 Å². The maximum atomic E-state index is 5.40. The lowest BCUT2D eigenvalue weighted by molar-refractivity contribution is 0.108. The van der Waals surface area contributed by atoms with Crippen LogP contribution in [0.5, 0.6) is 0 Å². The van der Waals surface area contributed by atoms with Crippen LogP contribution in [-0.4, -0.2) is 12.7 Å². The zero-order valence-corrected chi connectivity index (χ0v) is 7.76. The Morgan fingerprint density at radius 2 is 2.00 bits per heavy atom. The Labute approximate surface area is 69.8 Å². The summed E-state index contributed by atoms with van der Waals surface area (Å²) in [5.74, 6) is 0.495.